The summed E-state index contributed by atoms with van der Waals surface area (Å²) in [6.07, 6.45) is -0.478. The molecule has 0 amide bonds. The van der Waals surface area contributed by atoms with E-state index >= 15 is 0 Å². The van der Waals surface area contributed by atoms with Gasteiger partial charge in [0.05, 0.1) is 5.88 Å². The van der Waals surface area contributed by atoms with Crippen LogP contribution in [0.5, 0.6) is 0 Å². The minimum Gasteiger partial charge on any atom is -0.385 e. The van der Waals surface area contributed by atoms with E-state index < -0.39 is 16.3 Å². The second-order valence-corrected chi connectivity index (χ2v) is 6.18. The number of benzene rings is 1. The second-order valence-electron chi connectivity index (χ2n) is 3.89. The number of aliphatic hydroxyl groups excluding tert-OH is 1. The quantitative estimate of drug-likeness (QED) is 0.483. The van der Waals surface area contributed by atoms with E-state index in [2.05, 4.69) is 23.6 Å². The van der Waals surface area contributed by atoms with E-state index in [0.717, 1.165) is 0 Å². The highest BCUT2D eigenvalue weighted by Crippen LogP contribution is 2.19. The number of fused-ring (bicyclic) bond motifs is 1. The second kappa shape index (κ2) is 7.48. The molecule has 0 fully saturated rings. The zero-order valence-electron chi connectivity index (χ0n) is 10.5. The number of alkyl halides is 1. The van der Waals surface area contributed by atoms with Gasteiger partial charge in [-0.15, -0.1) is 21.8 Å². The van der Waals surface area contributed by atoms with Crippen molar-refractivity contribution in [2.45, 2.75) is 19.6 Å². The number of rotatable bonds is 3. The first-order valence-corrected chi connectivity index (χ1v) is 8.04. The summed E-state index contributed by atoms with van der Waals surface area (Å²) in [5, 5.41) is 10.8. The lowest BCUT2D eigenvalue weighted by Crippen LogP contribution is -2.68. The average molecular weight is 342 g/mol. The third-order valence-corrected chi connectivity index (χ3v) is 3.80. The smallest absolute Gasteiger partial charge is 0.235 e. The van der Waals surface area contributed by atoms with E-state index in [4.69, 9.17) is 30.2 Å². The summed E-state index contributed by atoms with van der Waals surface area (Å²) in [7, 11) is -4.94. The number of aryl methyl sites for hydroxylation is 1. The molecule has 112 valence electrons. The van der Waals surface area contributed by atoms with Crippen molar-refractivity contribution in [3.63, 3.8) is 0 Å². The lowest BCUT2D eigenvalue weighted by atomic mass is 10.3. The van der Waals surface area contributed by atoms with Gasteiger partial charge < -0.3 is 5.11 Å². The fourth-order valence-electron chi connectivity index (χ4n) is 1.64. The highest BCUT2D eigenvalue weighted by molar-refractivity contribution is 7.18. The maximum absolute atomic E-state index is 9.57. The van der Waals surface area contributed by atoms with Crippen LogP contribution >= 0.6 is 22.9 Å². The molecule has 2 rings (SSSR count). The van der Waals surface area contributed by atoms with Crippen LogP contribution in [-0.2, 0) is 6.54 Å². The first kappa shape index (κ1) is 17.5. The molecule has 0 aliphatic rings. The molecule has 1 heterocycles. The van der Waals surface area contributed by atoms with Crippen LogP contribution in [-0.4, -0.2) is 17.1 Å². The van der Waals surface area contributed by atoms with Gasteiger partial charge in [-0.2, -0.15) is 4.57 Å². The van der Waals surface area contributed by atoms with Crippen molar-refractivity contribution in [1.82, 2.24) is 0 Å². The summed E-state index contributed by atoms with van der Waals surface area (Å²) >= 11 is 7.35. The molecule has 0 spiro atoms. The molecular weight excluding hydrogens is 329 g/mol. The van der Waals surface area contributed by atoms with Gasteiger partial charge >= 0.3 is 0 Å². The summed E-state index contributed by atoms with van der Waals surface area (Å²) in [4.78, 5) is 0. The third-order valence-electron chi connectivity index (χ3n) is 2.37. The summed E-state index contributed by atoms with van der Waals surface area (Å²) < 4.78 is 37.3. The Bertz CT molecular complexity index is 551. The number of hydrogen-bond donors (Lipinski definition) is 1. The van der Waals surface area contributed by atoms with Gasteiger partial charge in [-0.05, 0) is 6.07 Å². The largest absolute Gasteiger partial charge is 0.385 e. The lowest BCUT2D eigenvalue weighted by Gasteiger charge is -2.17. The van der Waals surface area contributed by atoms with Gasteiger partial charge in [0.15, 0.2) is 6.54 Å². The van der Waals surface area contributed by atoms with Crippen LogP contribution < -0.4 is 23.2 Å². The van der Waals surface area contributed by atoms with Crippen molar-refractivity contribution < 1.29 is 38.6 Å². The van der Waals surface area contributed by atoms with E-state index in [1.54, 1.807) is 11.3 Å². The van der Waals surface area contributed by atoms with Gasteiger partial charge in [0.25, 0.3) is 0 Å². The summed E-state index contributed by atoms with van der Waals surface area (Å²) in [5.41, 5.74) is 1.17. The van der Waals surface area contributed by atoms with Crippen molar-refractivity contribution in [2.75, 3.05) is 5.88 Å². The number of halogens is 2. The van der Waals surface area contributed by atoms with E-state index in [1.165, 1.54) is 15.2 Å². The Hall–Kier alpha value is -0.510. The van der Waals surface area contributed by atoms with Gasteiger partial charge in [-0.3, -0.25) is 0 Å². The Morgan fingerprint density at radius 3 is 2.40 bits per heavy atom. The van der Waals surface area contributed by atoms with Crippen LogP contribution in [0, 0.1) is 17.2 Å². The zero-order chi connectivity index (χ0) is 15.3. The molecule has 0 bridgehead atoms. The molecule has 1 aromatic carbocycles. The fourth-order valence-corrected chi connectivity index (χ4v) is 2.77. The molecule has 1 aromatic heterocycles. The summed E-state index contributed by atoms with van der Waals surface area (Å²) in [6.45, 7) is 2.63. The molecule has 0 saturated carbocycles. The minimum absolute atomic E-state index is 0.274. The van der Waals surface area contributed by atoms with Gasteiger partial charge in [0.2, 0.25) is 10.5 Å². The average Bonchev–Trinajstić information content (AvgIpc) is 2.64. The van der Waals surface area contributed by atoms with Crippen molar-refractivity contribution in [3.05, 3.63) is 29.3 Å². The van der Waals surface area contributed by atoms with Crippen LogP contribution in [0.3, 0.4) is 0 Å². The molecule has 0 aliphatic heterocycles. The molecule has 0 radical (unpaired) electrons. The molecule has 0 aliphatic carbocycles. The van der Waals surface area contributed by atoms with Crippen LogP contribution in [0.1, 0.15) is 5.01 Å². The first-order valence-electron chi connectivity index (χ1n) is 5.46. The molecule has 1 unspecified atom stereocenters. The highest BCUT2D eigenvalue weighted by Gasteiger charge is 2.19. The Balaban J connectivity index is 0.000000347. The zero-order valence-corrected chi connectivity index (χ0v) is 12.8. The van der Waals surface area contributed by atoms with Gasteiger partial charge in [-0.25, -0.2) is 18.6 Å². The first-order chi connectivity index (χ1) is 9.22. The fraction of sp³-hybridized carbons (Fsp3) is 0.364. The predicted octanol–water partition coefficient (Wildman–Crippen LogP) is -2.66. The number of aliphatic hydroxyl groups is 1. The summed E-state index contributed by atoms with van der Waals surface area (Å²) in [6, 6.07) is 8.20. The third kappa shape index (κ3) is 5.86. The van der Waals surface area contributed by atoms with Crippen molar-refractivity contribution in [2.24, 2.45) is 0 Å². The monoisotopic (exact) mass is 341 g/mol. The van der Waals surface area contributed by atoms with Gasteiger partial charge in [-0.1, -0.05) is 23.5 Å². The summed E-state index contributed by atoms with van der Waals surface area (Å²) in [5.74, 6) is 0.274. The minimum atomic E-state index is -4.94. The molecule has 1 atom stereocenters. The van der Waals surface area contributed by atoms with Crippen LogP contribution in [0.25, 0.3) is 10.2 Å². The van der Waals surface area contributed by atoms with Crippen molar-refractivity contribution in [3.8, 4) is 0 Å². The highest BCUT2D eigenvalue weighted by atomic mass is 35.7. The molecular formula is C11H13Cl2NO5S. The Morgan fingerprint density at radius 2 is 1.85 bits per heavy atom. The lowest BCUT2D eigenvalue weighted by molar-refractivity contribution is -2.00. The Kier molecular flexibility index (Phi) is 6.56. The molecule has 20 heavy (non-hydrogen) atoms. The van der Waals surface area contributed by atoms with Crippen molar-refractivity contribution in [1.29, 1.82) is 0 Å². The maximum atomic E-state index is 9.57. The normalized spacial score (nSPS) is 12.9. The van der Waals surface area contributed by atoms with E-state index in [9.17, 15) is 5.11 Å². The van der Waals surface area contributed by atoms with E-state index in [1.807, 2.05) is 12.1 Å². The number of para-hydroxylation sites is 1. The molecule has 9 heteroatoms. The van der Waals surface area contributed by atoms with Crippen LogP contribution in [0.4, 0.5) is 0 Å². The predicted molar refractivity (Wildman–Crippen MR) is 63.5 cm³/mol. The number of hydrogen-bond acceptors (Lipinski definition) is 6. The van der Waals surface area contributed by atoms with Gasteiger partial charge in [0.1, 0.15) is 10.8 Å². The van der Waals surface area contributed by atoms with Crippen LogP contribution in [0.15, 0.2) is 24.3 Å². The van der Waals surface area contributed by atoms with E-state index in [0.29, 0.717) is 6.54 Å². The topological polar surface area (TPSA) is 116 Å². The van der Waals surface area contributed by atoms with Gasteiger partial charge in [0, 0.05) is 13.0 Å². The Morgan fingerprint density at radius 1 is 1.30 bits per heavy atom. The number of nitrogens with zero attached hydrogens (tertiary/aromatic N) is 1. The van der Waals surface area contributed by atoms with E-state index in [-0.39, 0.29) is 5.88 Å². The van der Waals surface area contributed by atoms with Crippen LogP contribution in [0.2, 0.25) is 0 Å². The number of thiazole rings is 1. The molecule has 6 nitrogen and oxygen atoms in total. The maximum Gasteiger partial charge on any atom is 0.235 e. The SMILES string of the molecule is Cc1sc2ccccc2[n+]1CC(O)CCl.[O-][Cl+3]([O-])([O-])[O-]. The molecule has 2 aromatic rings. The molecule has 0 saturated heterocycles. The van der Waals surface area contributed by atoms with Crippen molar-refractivity contribution >= 4 is 33.2 Å². The number of aromatic nitrogens is 1. The Labute approximate surface area is 126 Å². The molecule has 1 N–H and O–H groups in total. The standard InChI is InChI=1S/C11H13ClNOS.ClHO4/c1-8-13(7-9(14)6-12)10-4-2-3-5-11(10)15-8;2-1(3,4)5/h2-5,9,14H,6-7H2,1H3;(H,2,3,4,5)/q+1;/p-1.